The highest BCUT2D eigenvalue weighted by molar-refractivity contribution is 5.68. The SMILES string of the molecule is CNc1ncnc(-c2cncc(F)c2)c1C(C)C. The Balaban J connectivity index is 2.63. The van der Waals surface area contributed by atoms with Gasteiger partial charge in [-0.3, -0.25) is 4.98 Å². The minimum atomic E-state index is -0.369. The smallest absolute Gasteiger partial charge is 0.142 e. The quantitative estimate of drug-likeness (QED) is 0.904. The molecule has 0 atom stereocenters. The number of rotatable bonds is 3. The number of nitrogens with zero attached hydrogens (tertiary/aromatic N) is 3. The summed E-state index contributed by atoms with van der Waals surface area (Å²) in [7, 11) is 1.81. The van der Waals surface area contributed by atoms with Gasteiger partial charge in [0, 0.05) is 24.4 Å². The van der Waals surface area contributed by atoms with Crippen LogP contribution in [0, 0.1) is 5.82 Å². The molecule has 0 fully saturated rings. The van der Waals surface area contributed by atoms with Gasteiger partial charge in [0.2, 0.25) is 0 Å². The summed E-state index contributed by atoms with van der Waals surface area (Å²) < 4.78 is 13.2. The average molecular weight is 246 g/mol. The van der Waals surface area contributed by atoms with E-state index >= 15 is 0 Å². The fourth-order valence-corrected chi connectivity index (χ4v) is 1.91. The summed E-state index contributed by atoms with van der Waals surface area (Å²) in [4.78, 5) is 12.3. The third-order valence-corrected chi connectivity index (χ3v) is 2.68. The van der Waals surface area contributed by atoms with E-state index < -0.39 is 0 Å². The number of hydrogen-bond acceptors (Lipinski definition) is 4. The van der Waals surface area contributed by atoms with Crippen molar-refractivity contribution in [1.29, 1.82) is 0 Å². The van der Waals surface area contributed by atoms with Gasteiger partial charge in [-0.05, 0) is 12.0 Å². The van der Waals surface area contributed by atoms with Crippen molar-refractivity contribution in [3.05, 3.63) is 36.2 Å². The summed E-state index contributed by atoms with van der Waals surface area (Å²) in [6.45, 7) is 4.10. The number of anilines is 1. The lowest BCUT2D eigenvalue weighted by Gasteiger charge is -2.15. The summed E-state index contributed by atoms with van der Waals surface area (Å²) in [5.74, 6) is 0.623. The van der Waals surface area contributed by atoms with Crippen LogP contribution in [0.5, 0.6) is 0 Å². The Morgan fingerprint density at radius 2 is 2.00 bits per heavy atom. The topological polar surface area (TPSA) is 50.7 Å². The minimum Gasteiger partial charge on any atom is -0.373 e. The van der Waals surface area contributed by atoms with Gasteiger partial charge in [0.25, 0.3) is 0 Å². The van der Waals surface area contributed by atoms with Crippen LogP contribution >= 0.6 is 0 Å². The molecule has 2 aromatic heterocycles. The molecule has 2 rings (SSSR count). The predicted octanol–water partition coefficient (Wildman–Crippen LogP) is 2.84. The molecule has 0 aromatic carbocycles. The number of pyridine rings is 1. The molecule has 2 aromatic rings. The van der Waals surface area contributed by atoms with Crippen molar-refractivity contribution in [1.82, 2.24) is 15.0 Å². The van der Waals surface area contributed by atoms with E-state index in [0.717, 1.165) is 17.1 Å². The van der Waals surface area contributed by atoms with Crippen LogP contribution in [0.15, 0.2) is 24.8 Å². The molecule has 0 saturated heterocycles. The highest BCUT2D eigenvalue weighted by Gasteiger charge is 2.16. The minimum absolute atomic E-state index is 0.229. The monoisotopic (exact) mass is 246 g/mol. The van der Waals surface area contributed by atoms with Crippen LogP contribution in [-0.4, -0.2) is 22.0 Å². The number of hydrogen-bond donors (Lipinski definition) is 1. The van der Waals surface area contributed by atoms with Crippen molar-refractivity contribution < 1.29 is 4.39 Å². The summed E-state index contributed by atoms with van der Waals surface area (Å²) in [5.41, 5.74) is 2.35. The van der Waals surface area contributed by atoms with Gasteiger partial charge < -0.3 is 5.32 Å². The van der Waals surface area contributed by atoms with Gasteiger partial charge in [0.15, 0.2) is 0 Å². The number of halogens is 1. The van der Waals surface area contributed by atoms with Gasteiger partial charge in [0.05, 0.1) is 11.9 Å². The second-order valence-electron chi connectivity index (χ2n) is 4.28. The van der Waals surface area contributed by atoms with Crippen LogP contribution in [0.3, 0.4) is 0 Å². The van der Waals surface area contributed by atoms with E-state index in [9.17, 15) is 4.39 Å². The van der Waals surface area contributed by atoms with Crippen LogP contribution < -0.4 is 5.32 Å². The first kappa shape index (κ1) is 12.4. The molecule has 0 aliphatic rings. The zero-order valence-corrected chi connectivity index (χ0v) is 10.6. The maximum atomic E-state index is 13.2. The standard InChI is InChI=1S/C13H15FN4/c1-8(2)11-12(17-7-18-13(11)15-3)9-4-10(14)6-16-5-9/h4-8H,1-3H3,(H,15,17,18). The van der Waals surface area contributed by atoms with E-state index in [2.05, 4.69) is 34.1 Å². The van der Waals surface area contributed by atoms with E-state index in [1.54, 1.807) is 6.20 Å². The Labute approximate surface area is 105 Å². The Kier molecular flexibility index (Phi) is 3.50. The average Bonchev–Trinajstić information content (AvgIpc) is 2.37. The van der Waals surface area contributed by atoms with E-state index in [4.69, 9.17) is 0 Å². The molecular formula is C13H15FN4. The van der Waals surface area contributed by atoms with Crippen LogP contribution in [0.4, 0.5) is 10.2 Å². The van der Waals surface area contributed by atoms with E-state index in [1.165, 1.54) is 18.6 Å². The molecule has 4 nitrogen and oxygen atoms in total. The maximum Gasteiger partial charge on any atom is 0.142 e. The molecule has 0 spiro atoms. The van der Waals surface area contributed by atoms with Gasteiger partial charge in [0.1, 0.15) is 18.0 Å². The highest BCUT2D eigenvalue weighted by Crippen LogP contribution is 2.31. The fourth-order valence-electron chi connectivity index (χ4n) is 1.91. The van der Waals surface area contributed by atoms with Crippen molar-refractivity contribution in [2.75, 3.05) is 12.4 Å². The molecule has 0 aliphatic heterocycles. The van der Waals surface area contributed by atoms with Crippen molar-refractivity contribution in [3.63, 3.8) is 0 Å². The molecule has 2 heterocycles. The molecule has 1 N–H and O–H groups in total. The van der Waals surface area contributed by atoms with E-state index in [1.807, 2.05) is 7.05 Å². The van der Waals surface area contributed by atoms with Crippen LogP contribution in [0.2, 0.25) is 0 Å². The zero-order valence-electron chi connectivity index (χ0n) is 10.6. The molecule has 0 bridgehead atoms. The molecule has 0 unspecified atom stereocenters. The van der Waals surface area contributed by atoms with Gasteiger partial charge in [-0.25, -0.2) is 14.4 Å². The number of aromatic nitrogens is 3. The van der Waals surface area contributed by atoms with Gasteiger partial charge in [-0.15, -0.1) is 0 Å². The largest absolute Gasteiger partial charge is 0.373 e. The second-order valence-corrected chi connectivity index (χ2v) is 4.28. The lowest BCUT2D eigenvalue weighted by atomic mass is 9.98. The first-order chi connectivity index (χ1) is 8.63. The molecule has 0 aliphatic carbocycles. The van der Waals surface area contributed by atoms with Crippen molar-refractivity contribution in [2.24, 2.45) is 0 Å². The molecule has 5 heteroatoms. The van der Waals surface area contributed by atoms with Crippen molar-refractivity contribution >= 4 is 5.82 Å². The predicted molar refractivity (Wildman–Crippen MR) is 68.9 cm³/mol. The lowest BCUT2D eigenvalue weighted by molar-refractivity contribution is 0.622. The van der Waals surface area contributed by atoms with Crippen LogP contribution in [0.25, 0.3) is 11.3 Å². The molecule has 0 saturated carbocycles. The summed E-state index contributed by atoms with van der Waals surface area (Å²) >= 11 is 0. The first-order valence-corrected chi connectivity index (χ1v) is 5.77. The zero-order chi connectivity index (χ0) is 13.1. The van der Waals surface area contributed by atoms with Crippen LogP contribution in [-0.2, 0) is 0 Å². The molecule has 0 amide bonds. The second kappa shape index (κ2) is 5.08. The van der Waals surface area contributed by atoms with Crippen molar-refractivity contribution in [2.45, 2.75) is 19.8 Å². The normalized spacial score (nSPS) is 10.7. The fraction of sp³-hybridized carbons (Fsp3) is 0.308. The first-order valence-electron chi connectivity index (χ1n) is 5.77. The van der Waals surface area contributed by atoms with Crippen LogP contribution in [0.1, 0.15) is 25.3 Å². The highest BCUT2D eigenvalue weighted by atomic mass is 19.1. The molecule has 0 radical (unpaired) electrons. The lowest BCUT2D eigenvalue weighted by Crippen LogP contribution is -2.04. The third kappa shape index (κ3) is 2.30. The summed E-state index contributed by atoms with van der Waals surface area (Å²) in [5, 5.41) is 3.04. The Morgan fingerprint density at radius 1 is 1.22 bits per heavy atom. The molecular weight excluding hydrogens is 231 g/mol. The van der Waals surface area contributed by atoms with Gasteiger partial charge in [-0.2, -0.15) is 0 Å². The van der Waals surface area contributed by atoms with E-state index in [-0.39, 0.29) is 11.7 Å². The number of nitrogens with one attached hydrogen (secondary N) is 1. The Hall–Kier alpha value is -2.04. The summed E-state index contributed by atoms with van der Waals surface area (Å²) in [6.07, 6.45) is 4.26. The Morgan fingerprint density at radius 3 is 2.61 bits per heavy atom. The van der Waals surface area contributed by atoms with E-state index in [0.29, 0.717) is 5.56 Å². The third-order valence-electron chi connectivity index (χ3n) is 2.68. The van der Waals surface area contributed by atoms with Gasteiger partial charge in [-0.1, -0.05) is 13.8 Å². The maximum absolute atomic E-state index is 13.2. The molecule has 18 heavy (non-hydrogen) atoms. The molecule has 94 valence electrons. The van der Waals surface area contributed by atoms with Gasteiger partial charge >= 0.3 is 0 Å². The Bertz CT molecular complexity index is 554. The summed E-state index contributed by atoms with van der Waals surface area (Å²) in [6, 6.07) is 1.43. The van der Waals surface area contributed by atoms with Crippen molar-refractivity contribution in [3.8, 4) is 11.3 Å².